The molecule has 30 heavy (non-hydrogen) atoms. The van der Waals surface area contributed by atoms with Gasteiger partial charge in [-0.1, -0.05) is 55.9 Å². The van der Waals surface area contributed by atoms with Gasteiger partial charge in [0, 0.05) is 19.5 Å². The number of halogens is 1. The zero-order valence-corrected chi connectivity index (χ0v) is 19.9. The Morgan fingerprint density at radius 1 is 1.23 bits per heavy atom. The van der Waals surface area contributed by atoms with Crippen molar-refractivity contribution in [2.24, 2.45) is 5.92 Å². The van der Waals surface area contributed by atoms with Gasteiger partial charge in [-0.2, -0.15) is 0 Å². The van der Waals surface area contributed by atoms with Crippen LogP contribution in [0.15, 0.2) is 46.0 Å². The van der Waals surface area contributed by atoms with E-state index in [0.29, 0.717) is 18.2 Å². The normalized spacial score (nSPS) is 11.2. The van der Waals surface area contributed by atoms with Gasteiger partial charge in [0.05, 0.1) is 4.47 Å². The largest absolute Gasteiger partial charge is 0.483 e. The van der Waals surface area contributed by atoms with Crippen LogP contribution in [0.5, 0.6) is 5.75 Å². The van der Waals surface area contributed by atoms with E-state index < -0.39 is 0 Å². The van der Waals surface area contributed by atoms with Gasteiger partial charge >= 0.3 is 0 Å². The van der Waals surface area contributed by atoms with Gasteiger partial charge in [0.25, 0.3) is 5.91 Å². The van der Waals surface area contributed by atoms with Crippen molar-refractivity contribution in [3.63, 3.8) is 0 Å². The van der Waals surface area contributed by atoms with E-state index in [4.69, 9.17) is 4.74 Å². The molecular formula is C22H27BrN4O2S. The van der Waals surface area contributed by atoms with Crippen LogP contribution < -0.4 is 10.1 Å². The quantitative estimate of drug-likeness (QED) is 0.329. The van der Waals surface area contributed by atoms with Crippen molar-refractivity contribution >= 4 is 44.4 Å². The first kappa shape index (κ1) is 22.6. The minimum absolute atomic E-state index is 0.0168. The smallest absolute Gasteiger partial charge is 0.257 e. The number of benzene rings is 2. The monoisotopic (exact) mass is 490 g/mol. The molecule has 0 saturated carbocycles. The summed E-state index contributed by atoms with van der Waals surface area (Å²) in [6.45, 7) is 5.82. The number of aromatic nitrogens is 3. The number of thioether (sulfide) groups is 1. The molecule has 1 heterocycles. The number of nitrogens with zero attached hydrogens (tertiary/aromatic N) is 3. The van der Waals surface area contributed by atoms with Crippen molar-refractivity contribution in [3.8, 4) is 5.75 Å². The molecule has 160 valence electrons. The van der Waals surface area contributed by atoms with E-state index in [1.807, 2.05) is 42.7 Å². The van der Waals surface area contributed by atoms with Crippen molar-refractivity contribution in [3.05, 3.63) is 46.7 Å². The minimum Gasteiger partial charge on any atom is -0.483 e. The van der Waals surface area contributed by atoms with Crippen LogP contribution in [0.3, 0.4) is 0 Å². The number of carbonyl (C=O) groups excluding carboxylic acids is 1. The number of hydrogen-bond donors (Lipinski definition) is 1. The Hall–Kier alpha value is -2.06. The molecule has 0 spiro atoms. The number of aryl methyl sites for hydroxylation is 1. The maximum atomic E-state index is 12.2. The highest BCUT2D eigenvalue weighted by molar-refractivity contribution is 9.10. The number of carbonyl (C=O) groups is 1. The van der Waals surface area contributed by atoms with E-state index in [1.165, 1.54) is 0 Å². The number of hydrogen-bond acceptors (Lipinski definition) is 5. The van der Waals surface area contributed by atoms with Crippen LogP contribution in [-0.4, -0.2) is 40.1 Å². The Balaban J connectivity index is 1.46. The molecule has 0 bridgehead atoms. The molecule has 1 aromatic heterocycles. The van der Waals surface area contributed by atoms with Crippen molar-refractivity contribution in [2.45, 2.75) is 38.4 Å². The predicted octanol–water partition coefficient (Wildman–Crippen LogP) is 4.70. The Kier molecular flexibility index (Phi) is 8.16. The lowest BCUT2D eigenvalue weighted by atomic mass is 10.1. The van der Waals surface area contributed by atoms with Crippen LogP contribution in [-0.2, 0) is 17.8 Å². The first-order valence-electron chi connectivity index (χ1n) is 10.0. The van der Waals surface area contributed by atoms with Gasteiger partial charge in [-0.25, -0.2) is 0 Å². The van der Waals surface area contributed by atoms with Gasteiger partial charge in [-0.15, -0.1) is 10.2 Å². The van der Waals surface area contributed by atoms with E-state index in [1.54, 1.807) is 11.8 Å². The second-order valence-electron chi connectivity index (χ2n) is 7.45. The van der Waals surface area contributed by atoms with Crippen molar-refractivity contribution in [2.75, 3.05) is 19.4 Å². The lowest BCUT2D eigenvalue weighted by Gasteiger charge is -2.12. The molecule has 2 aromatic carbocycles. The molecule has 6 nitrogen and oxygen atoms in total. The third kappa shape index (κ3) is 5.76. The first-order chi connectivity index (χ1) is 14.5. The lowest BCUT2D eigenvalue weighted by Crippen LogP contribution is -2.30. The van der Waals surface area contributed by atoms with E-state index in [0.717, 1.165) is 45.6 Å². The van der Waals surface area contributed by atoms with Crippen LogP contribution in [0, 0.1) is 5.92 Å². The van der Waals surface area contributed by atoms with Crippen LogP contribution in [0.2, 0.25) is 0 Å². The summed E-state index contributed by atoms with van der Waals surface area (Å²) >= 11 is 5.19. The van der Waals surface area contributed by atoms with Crippen LogP contribution in [0.25, 0.3) is 10.8 Å². The summed E-state index contributed by atoms with van der Waals surface area (Å²) in [5.41, 5.74) is 0. The van der Waals surface area contributed by atoms with E-state index in [2.05, 4.69) is 49.9 Å². The summed E-state index contributed by atoms with van der Waals surface area (Å²) in [4.78, 5) is 12.2. The molecule has 3 rings (SSSR count). The Labute approximate surface area is 189 Å². The molecule has 0 radical (unpaired) electrons. The molecule has 0 aliphatic rings. The fourth-order valence-corrected chi connectivity index (χ4v) is 4.33. The average Bonchev–Trinajstić information content (AvgIpc) is 3.11. The van der Waals surface area contributed by atoms with Crippen molar-refractivity contribution in [1.82, 2.24) is 20.1 Å². The number of fused-ring (bicyclic) bond motifs is 1. The van der Waals surface area contributed by atoms with Crippen LogP contribution in [0.1, 0.15) is 26.1 Å². The van der Waals surface area contributed by atoms with Gasteiger partial charge < -0.3 is 14.6 Å². The van der Waals surface area contributed by atoms with Crippen LogP contribution in [0.4, 0.5) is 0 Å². The Bertz CT molecular complexity index is 1010. The van der Waals surface area contributed by atoms with Gasteiger partial charge in [0.2, 0.25) is 0 Å². The highest BCUT2D eigenvalue weighted by Crippen LogP contribution is 2.32. The Morgan fingerprint density at radius 2 is 2.03 bits per heavy atom. The van der Waals surface area contributed by atoms with Crippen molar-refractivity contribution < 1.29 is 9.53 Å². The maximum Gasteiger partial charge on any atom is 0.257 e. The zero-order chi connectivity index (χ0) is 21.5. The van der Waals surface area contributed by atoms with Gasteiger partial charge in [0.1, 0.15) is 11.6 Å². The van der Waals surface area contributed by atoms with Crippen LogP contribution >= 0.6 is 27.7 Å². The second-order valence-corrected chi connectivity index (χ2v) is 9.01. The average molecular weight is 491 g/mol. The Morgan fingerprint density at radius 3 is 2.80 bits per heavy atom. The summed E-state index contributed by atoms with van der Waals surface area (Å²) in [6, 6.07) is 11.9. The molecule has 0 saturated heterocycles. The molecule has 0 fully saturated rings. The number of amides is 1. The minimum atomic E-state index is -0.136. The second kappa shape index (κ2) is 10.8. The summed E-state index contributed by atoms with van der Waals surface area (Å²) in [5, 5.41) is 14.6. The molecular weight excluding hydrogens is 464 g/mol. The summed E-state index contributed by atoms with van der Waals surface area (Å²) < 4.78 is 8.76. The topological polar surface area (TPSA) is 69.0 Å². The molecule has 1 amide bonds. The molecule has 8 heteroatoms. The molecule has 1 N–H and O–H groups in total. The lowest BCUT2D eigenvalue weighted by molar-refractivity contribution is -0.123. The third-order valence-electron chi connectivity index (χ3n) is 4.61. The highest BCUT2D eigenvalue weighted by atomic mass is 79.9. The zero-order valence-electron chi connectivity index (χ0n) is 17.5. The van der Waals surface area contributed by atoms with E-state index in [9.17, 15) is 4.79 Å². The first-order valence-corrected chi connectivity index (χ1v) is 12.0. The summed E-state index contributed by atoms with van der Waals surface area (Å²) in [5.74, 6) is 2.02. The molecule has 0 aliphatic heterocycles. The molecule has 0 atom stereocenters. The summed E-state index contributed by atoms with van der Waals surface area (Å²) in [6.07, 6.45) is 3.59. The molecule has 0 unspecified atom stereocenters. The number of rotatable bonds is 10. The van der Waals surface area contributed by atoms with Gasteiger partial charge in [-0.3, -0.25) is 4.79 Å². The number of nitrogens with one attached hydrogen (secondary N) is 1. The van der Waals surface area contributed by atoms with E-state index in [-0.39, 0.29) is 12.5 Å². The van der Waals surface area contributed by atoms with Gasteiger partial charge in [-0.05, 0) is 51.4 Å². The SMILES string of the molecule is CSc1nnc(CCCNC(=O)COc2ccc3ccccc3c2Br)n1CC(C)C. The fraction of sp³-hybridized carbons (Fsp3) is 0.409. The fourth-order valence-electron chi connectivity index (χ4n) is 3.20. The standard InChI is InChI=1S/C22H27BrN4O2S/c1-15(2)13-27-19(25-26-22(27)30-3)9-6-12-24-20(28)14-29-18-11-10-16-7-4-5-8-17(16)21(18)23/h4-5,7-8,10-11,15H,6,9,12-14H2,1-3H3,(H,24,28). The van der Waals surface area contributed by atoms with Gasteiger partial charge in [0.15, 0.2) is 11.8 Å². The maximum absolute atomic E-state index is 12.2. The predicted molar refractivity (Wildman–Crippen MR) is 125 cm³/mol. The number of ether oxygens (including phenoxy) is 1. The third-order valence-corrected chi connectivity index (χ3v) is 6.09. The molecule has 0 aliphatic carbocycles. The van der Waals surface area contributed by atoms with Crippen molar-refractivity contribution in [1.29, 1.82) is 0 Å². The highest BCUT2D eigenvalue weighted by Gasteiger charge is 2.13. The summed E-state index contributed by atoms with van der Waals surface area (Å²) in [7, 11) is 0. The molecule has 3 aromatic rings. The van der Waals surface area contributed by atoms with E-state index >= 15 is 0 Å².